The molecule has 0 aliphatic carbocycles. The van der Waals surface area contributed by atoms with E-state index in [1.165, 1.54) is 0 Å². The van der Waals surface area contributed by atoms with E-state index in [-0.39, 0.29) is 11.7 Å². The van der Waals surface area contributed by atoms with Crippen LogP contribution in [0.3, 0.4) is 0 Å². The monoisotopic (exact) mass is 451 g/mol. The number of nitrogens with zero attached hydrogens (tertiary/aromatic N) is 2. The number of halogens is 1. The van der Waals surface area contributed by atoms with Gasteiger partial charge >= 0.3 is 0 Å². The third-order valence-electron chi connectivity index (χ3n) is 5.06. The molecule has 4 aromatic rings. The standard InChI is InChI=1S/C24H22ClN3O4/c1-28-11-10-26-23(28)22(16-12-18(30-2)14-19(13-16)31-3)27-24(29)21-9-8-20(32-21)15-4-6-17(25)7-5-15/h4-14,22H,1-3H3,(H,27,29). The highest BCUT2D eigenvalue weighted by molar-refractivity contribution is 6.30. The van der Waals surface area contributed by atoms with Crippen LogP contribution >= 0.6 is 11.6 Å². The van der Waals surface area contributed by atoms with Crippen LogP contribution in [-0.2, 0) is 7.05 Å². The number of hydrogen-bond acceptors (Lipinski definition) is 5. The van der Waals surface area contributed by atoms with Crippen molar-refractivity contribution in [2.75, 3.05) is 14.2 Å². The number of aromatic nitrogens is 2. The highest BCUT2D eigenvalue weighted by atomic mass is 35.5. The van der Waals surface area contributed by atoms with Crippen LogP contribution in [0.25, 0.3) is 11.3 Å². The molecule has 4 rings (SSSR count). The number of rotatable bonds is 7. The molecule has 0 radical (unpaired) electrons. The molecule has 0 aliphatic rings. The lowest BCUT2D eigenvalue weighted by Crippen LogP contribution is -2.31. The predicted molar refractivity (Wildman–Crippen MR) is 121 cm³/mol. The Morgan fingerprint density at radius 1 is 1.06 bits per heavy atom. The summed E-state index contributed by atoms with van der Waals surface area (Å²) in [6, 6.07) is 15.5. The number of ether oxygens (including phenoxy) is 2. The number of carbonyl (C=O) groups is 1. The first-order valence-electron chi connectivity index (χ1n) is 9.85. The number of nitrogens with one attached hydrogen (secondary N) is 1. The zero-order chi connectivity index (χ0) is 22.7. The highest BCUT2D eigenvalue weighted by Gasteiger charge is 2.24. The summed E-state index contributed by atoms with van der Waals surface area (Å²) in [5.41, 5.74) is 1.58. The van der Waals surface area contributed by atoms with Gasteiger partial charge in [-0.15, -0.1) is 0 Å². The molecule has 7 nitrogen and oxygen atoms in total. The van der Waals surface area contributed by atoms with E-state index in [1.807, 2.05) is 42.1 Å². The lowest BCUT2D eigenvalue weighted by atomic mass is 10.0. The molecule has 0 bridgehead atoms. The van der Waals surface area contributed by atoms with Crippen LogP contribution < -0.4 is 14.8 Å². The predicted octanol–water partition coefficient (Wildman–Crippen LogP) is 4.87. The van der Waals surface area contributed by atoms with Gasteiger partial charge in [0.05, 0.1) is 14.2 Å². The Balaban J connectivity index is 1.66. The highest BCUT2D eigenvalue weighted by Crippen LogP contribution is 2.30. The third-order valence-corrected chi connectivity index (χ3v) is 5.31. The third kappa shape index (κ3) is 4.48. The Morgan fingerprint density at radius 3 is 2.34 bits per heavy atom. The Bertz CT molecular complexity index is 1210. The van der Waals surface area contributed by atoms with Gasteiger partial charge < -0.3 is 23.8 Å². The maximum Gasteiger partial charge on any atom is 0.287 e. The van der Waals surface area contributed by atoms with E-state index < -0.39 is 6.04 Å². The van der Waals surface area contributed by atoms with E-state index >= 15 is 0 Å². The number of hydrogen-bond donors (Lipinski definition) is 1. The molecule has 2 aromatic heterocycles. The number of amides is 1. The minimum atomic E-state index is -0.560. The number of carbonyl (C=O) groups excluding carboxylic acids is 1. The summed E-state index contributed by atoms with van der Waals surface area (Å²) in [7, 11) is 5.02. The molecule has 0 saturated carbocycles. The summed E-state index contributed by atoms with van der Waals surface area (Å²) in [6.45, 7) is 0. The molecule has 2 aromatic carbocycles. The zero-order valence-corrected chi connectivity index (χ0v) is 18.6. The Hall–Kier alpha value is -3.71. The Kier molecular flexibility index (Phi) is 6.18. The van der Waals surface area contributed by atoms with Gasteiger partial charge in [0, 0.05) is 36.1 Å². The van der Waals surface area contributed by atoms with Crippen molar-refractivity contribution in [1.82, 2.24) is 14.9 Å². The van der Waals surface area contributed by atoms with Gasteiger partial charge in [-0.2, -0.15) is 0 Å². The van der Waals surface area contributed by atoms with Crippen LogP contribution in [0.4, 0.5) is 0 Å². The normalized spacial score (nSPS) is 11.8. The number of benzene rings is 2. The summed E-state index contributed by atoms with van der Waals surface area (Å²) in [4.78, 5) is 17.6. The molecule has 0 saturated heterocycles. The van der Waals surface area contributed by atoms with E-state index in [0.29, 0.717) is 28.1 Å². The van der Waals surface area contributed by atoms with Gasteiger partial charge in [0.1, 0.15) is 29.1 Å². The lowest BCUT2D eigenvalue weighted by molar-refractivity contribution is 0.0914. The van der Waals surface area contributed by atoms with Crippen LogP contribution in [0.2, 0.25) is 5.02 Å². The molecular formula is C24H22ClN3O4. The number of furan rings is 1. The molecule has 0 aliphatic heterocycles. The van der Waals surface area contributed by atoms with Crippen molar-refractivity contribution in [2.45, 2.75) is 6.04 Å². The average Bonchev–Trinajstić information content (AvgIpc) is 3.47. The van der Waals surface area contributed by atoms with Crippen molar-refractivity contribution in [2.24, 2.45) is 7.05 Å². The first kappa shape index (κ1) is 21.5. The van der Waals surface area contributed by atoms with Crippen LogP contribution in [0.1, 0.15) is 28.0 Å². The van der Waals surface area contributed by atoms with Gasteiger partial charge in [0.15, 0.2) is 5.76 Å². The van der Waals surface area contributed by atoms with E-state index in [2.05, 4.69) is 10.3 Å². The molecule has 1 unspecified atom stereocenters. The van der Waals surface area contributed by atoms with Crippen molar-refractivity contribution in [1.29, 1.82) is 0 Å². The van der Waals surface area contributed by atoms with Gasteiger partial charge in [-0.3, -0.25) is 4.79 Å². The summed E-state index contributed by atoms with van der Waals surface area (Å²) < 4.78 is 18.5. The smallest absolute Gasteiger partial charge is 0.287 e. The molecule has 0 fully saturated rings. The minimum absolute atomic E-state index is 0.184. The van der Waals surface area contributed by atoms with E-state index in [1.54, 1.807) is 50.7 Å². The molecular weight excluding hydrogens is 430 g/mol. The maximum absolute atomic E-state index is 13.1. The van der Waals surface area contributed by atoms with Crippen LogP contribution in [-0.4, -0.2) is 29.7 Å². The van der Waals surface area contributed by atoms with E-state index in [4.69, 9.17) is 25.5 Å². The summed E-state index contributed by atoms with van der Waals surface area (Å²) in [6.07, 6.45) is 3.49. The van der Waals surface area contributed by atoms with Crippen molar-refractivity contribution in [3.63, 3.8) is 0 Å². The summed E-state index contributed by atoms with van der Waals surface area (Å²) in [5, 5.41) is 3.65. The zero-order valence-electron chi connectivity index (χ0n) is 17.8. The average molecular weight is 452 g/mol. The second kappa shape index (κ2) is 9.20. The van der Waals surface area contributed by atoms with Crippen LogP contribution in [0, 0.1) is 0 Å². The molecule has 1 atom stereocenters. The molecule has 32 heavy (non-hydrogen) atoms. The van der Waals surface area contributed by atoms with Crippen molar-refractivity contribution in [3.8, 4) is 22.8 Å². The first-order valence-corrected chi connectivity index (χ1v) is 10.2. The summed E-state index contributed by atoms with van der Waals surface area (Å²) in [5.74, 6) is 2.25. The van der Waals surface area contributed by atoms with Crippen LogP contribution in [0.5, 0.6) is 11.5 Å². The fourth-order valence-electron chi connectivity index (χ4n) is 3.38. The van der Waals surface area contributed by atoms with Crippen LogP contribution in [0.15, 0.2) is 71.4 Å². The van der Waals surface area contributed by atoms with Crippen molar-refractivity contribution < 1.29 is 18.7 Å². The maximum atomic E-state index is 13.1. The minimum Gasteiger partial charge on any atom is -0.497 e. The van der Waals surface area contributed by atoms with E-state index in [9.17, 15) is 4.79 Å². The van der Waals surface area contributed by atoms with Gasteiger partial charge in [-0.1, -0.05) is 11.6 Å². The number of aryl methyl sites for hydroxylation is 1. The van der Waals surface area contributed by atoms with Gasteiger partial charge in [0.25, 0.3) is 5.91 Å². The largest absolute Gasteiger partial charge is 0.497 e. The summed E-state index contributed by atoms with van der Waals surface area (Å²) >= 11 is 5.95. The molecule has 0 spiro atoms. The second-order valence-corrected chi connectivity index (χ2v) is 7.56. The molecule has 8 heteroatoms. The van der Waals surface area contributed by atoms with Gasteiger partial charge in [0.2, 0.25) is 0 Å². The quantitative estimate of drug-likeness (QED) is 0.433. The topological polar surface area (TPSA) is 78.5 Å². The molecule has 164 valence electrons. The Morgan fingerprint density at radius 2 is 1.75 bits per heavy atom. The Labute approximate surface area is 190 Å². The first-order chi connectivity index (χ1) is 15.5. The van der Waals surface area contributed by atoms with Crippen molar-refractivity contribution in [3.05, 3.63) is 89.2 Å². The van der Waals surface area contributed by atoms with E-state index in [0.717, 1.165) is 11.1 Å². The van der Waals surface area contributed by atoms with Gasteiger partial charge in [-0.25, -0.2) is 4.98 Å². The second-order valence-electron chi connectivity index (χ2n) is 7.12. The van der Waals surface area contributed by atoms with Gasteiger partial charge in [-0.05, 0) is 54.1 Å². The molecule has 2 heterocycles. The number of methoxy groups -OCH3 is 2. The molecule has 1 N–H and O–H groups in total. The fraction of sp³-hybridized carbons (Fsp3) is 0.167. The number of imidazole rings is 1. The fourth-order valence-corrected chi connectivity index (χ4v) is 3.51. The molecule has 1 amide bonds. The van der Waals surface area contributed by atoms with Crippen molar-refractivity contribution >= 4 is 17.5 Å². The lowest BCUT2D eigenvalue weighted by Gasteiger charge is -2.20. The SMILES string of the molecule is COc1cc(OC)cc(C(NC(=O)c2ccc(-c3ccc(Cl)cc3)o2)c2nccn2C)c1.